The van der Waals surface area contributed by atoms with E-state index in [1.165, 1.54) is 44.6 Å². The Morgan fingerprint density at radius 2 is 2.10 bits per heavy atom. The highest BCUT2D eigenvalue weighted by Crippen LogP contribution is 2.21. The van der Waals surface area contributed by atoms with Crippen molar-refractivity contribution in [3.63, 3.8) is 0 Å². The van der Waals surface area contributed by atoms with E-state index in [2.05, 4.69) is 15.1 Å². The van der Waals surface area contributed by atoms with Gasteiger partial charge < -0.3 is 15.1 Å². The molecule has 20 heavy (non-hydrogen) atoms. The number of thioether (sulfide) groups is 1. The third kappa shape index (κ3) is 3.89. The van der Waals surface area contributed by atoms with Gasteiger partial charge in [-0.05, 0) is 38.3 Å². The summed E-state index contributed by atoms with van der Waals surface area (Å²) in [4.78, 5) is 17.1. The minimum Gasteiger partial charge on any atom is -0.342 e. The van der Waals surface area contributed by atoms with Gasteiger partial charge in [0.15, 0.2) is 0 Å². The number of nitrogens with one attached hydrogen (secondary N) is 1. The number of hydrogen-bond donors (Lipinski definition) is 1. The molecule has 0 saturated carbocycles. The molecule has 3 heterocycles. The molecule has 0 bridgehead atoms. The third-order valence-electron chi connectivity index (χ3n) is 4.77. The minimum atomic E-state index is 0.369. The lowest BCUT2D eigenvalue weighted by atomic mass is 10.1. The van der Waals surface area contributed by atoms with E-state index in [9.17, 15) is 4.79 Å². The predicted molar refractivity (Wildman–Crippen MR) is 84.1 cm³/mol. The molecule has 3 aliphatic heterocycles. The Bertz CT molecular complexity index is 327. The Balaban J connectivity index is 1.40. The summed E-state index contributed by atoms with van der Waals surface area (Å²) in [6.07, 6.45) is 4.62. The molecule has 4 nitrogen and oxygen atoms in total. The van der Waals surface area contributed by atoms with Gasteiger partial charge in [0.25, 0.3) is 0 Å². The van der Waals surface area contributed by atoms with Crippen LogP contribution in [0.3, 0.4) is 0 Å². The molecule has 1 amide bonds. The highest BCUT2D eigenvalue weighted by molar-refractivity contribution is 7.99. The van der Waals surface area contributed by atoms with E-state index >= 15 is 0 Å². The summed E-state index contributed by atoms with van der Waals surface area (Å²) in [5, 5.41) is 3.47. The van der Waals surface area contributed by atoms with Crippen LogP contribution in [0.25, 0.3) is 0 Å². The Hall–Kier alpha value is -0.260. The monoisotopic (exact) mass is 297 g/mol. The standard InChI is InChI=1S/C15H27N3OS/c19-15(9-14-12-20-8-4-16-14)18-7-3-13(11-18)10-17-5-1-2-6-17/h13-14,16H,1-12H2. The highest BCUT2D eigenvalue weighted by atomic mass is 32.2. The van der Waals surface area contributed by atoms with Crippen LogP contribution in [0.4, 0.5) is 0 Å². The second-order valence-corrected chi connectivity index (χ2v) is 7.58. The molecule has 3 rings (SSSR count). The molecular formula is C15H27N3OS. The molecule has 0 spiro atoms. The van der Waals surface area contributed by atoms with Crippen molar-refractivity contribution >= 4 is 17.7 Å². The Morgan fingerprint density at radius 3 is 2.85 bits per heavy atom. The van der Waals surface area contributed by atoms with Crippen molar-refractivity contribution in [2.45, 2.75) is 31.7 Å². The van der Waals surface area contributed by atoms with E-state index < -0.39 is 0 Å². The van der Waals surface area contributed by atoms with Gasteiger partial charge in [-0.3, -0.25) is 4.79 Å². The SMILES string of the molecule is O=C(CC1CSCCN1)N1CCC(CN2CCCC2)C1. The number of likely N-dealkylation sites (tertiary alicyclic amines) is 2. The van der Waals surface area contributed by atoms with Gasteiger partial charge in [-0.15, -0.1) is 0 Å². The van der Waals surface area contributed by atoms with E-state index in [4.69, 9.17) is 0 Å². The zero-order chi connectivity index (χ0) is 13.8. The van der Waals surface area contributed by atoms with Crippen molar-refractivity contribution in [3.05, 3.63) is 0 Å². The first-order chi connectivity index (χ1) is 9.81. The fourth-order valence-corrected chi connectivity index (χ4v) is 4.58. The molecule has 3 fully saturated rings. The summed E-state index contributed by atoms with van der Waals surface area (Å²) in [7, 11) is 0. The van der Waals surface area contributed by atoms with Gasteiger partial charge in [0.1, 0.15) is 0 Å². The molecule has 0 aromatic heterocycles. The van der Waals surface area contributed by atoms with Crippen molar-refractivity contribution < 1.29 is 4.79 Å². The van der Waals surface area contributed by atoms with E-state index in [0.29, 0.717) is 24.3 Å². The number of rotatable bonds is 4. The van der Waals surface area contributed by atoms with Gasteiger partial charge in [0, 0.05) is 50.1 Å². The van der Waals surface area contributed by atoms with Gasteiger partial charge in [0.05, 0.1) is 0 Å². The molecule has 3 aliphatic rings. The van der Waals surface area contributed by atoms with Gasteiger partial charge >= 0.3 is 0 Å². The normalized spacial score (nSPS) is 31.9. The van der Waals surface area contributed by atoms with E-state index in [-0.39, 0.29) is 0 Å². The molecule has 0 aromatic rings. The highest BCUT2D eigenvalue weighted by Gasteiger charge is 2.29. The fraction of sp³-hybridized carbons (Fsp3) is 0.933. The van der Waals surface area contributed by atoms with Crippen molar-refractivity contribution in [1.29, 1.82) is 0 Å². The van der Waals surface area contributed by atoms with Crippen LogP contribution >= 0.6 is 11.8 Å². The van der Waals surface area contributed by atoms with E-state index in [1.807, 2.05) is 11.8 Å². The molecule has 5 heteroatoms. The average Bonchev–Trinajstić information content (AvgIpc) is 3.12. The van der Waals surface area contributed by atoms with Crippen molar-refractivity contribution in [2.24, 2.45) is 5.92 Å². The largest absolute Gasteiger partial charge is 0.342 e. The summed E-state index contributed by atoms with van der Waals surface area (Å²) in [5.74, 6) is 3.36. The van der Waals surface area contributed by atoms with Crippen LogP contribution in [0, 0.1) is 5.92 Å². The maximum atomic E-state index is 12.4. The first kappa shape index (κ1) is 14.7. The summed E-state index contributed by atoms with van der Waals surface area (Å²) in [6.45, 7) is 6.79. The van der Waals surface area contributed by atoms with Crippen LogP contribution in [0.15, 0.2) is 0 Å². The maximum Gasteiger partial charge on any atom is 0.224 e. The van der Waals surface area contributed by atoms with Crippen molar-refractivity contribution in [2.75, 3.05) is 50.8 Å². The van der Waals surface area contributed by atoms with Crippen LogP contribution in [0.2, 0.25) is 0 Å². The number of carbonyl (C=O) groups excluding carboxylic acids is 1. The first-order valence-corrected chi connectivity index (χ1v) is 9.28. The molecule has 0 aliphatic carbocycles. The topological polar surface area (TPSA) is 35.6 Å². The predicted octanol–water partition coefficient (Wildman–Crippen LogP) is 1.03. The summed E-state index contributed by atoms with van der Waals surface area (Å²) in [6, 6.07) is 0.402. The number of hydrogen-bond acceptors (Lipinski definition) is 4. The van der Waals surface area contributed by atoms with E-state index in [1.54, 1.807) is 0 Å². The van der Waals surface area contributed by atoms with Gasteiger partial charge in [-0.1, -0.05) is 0 Å². The van der Waals surface area contributed by atoms with Crippen LogP contribution < -0.4 is 5.32 Å². The number of nitrogens with zero attached hydrogens (tertiary/aromatic N) is 2. The van der Waals surface area contributed by atoms with Crippen LogP contribution in [-0.4, -0.2) is 72.5 Å². The molecular weight excluding hydrogens is 270 g/mol. The quantitative estimate of drug-likeness (QED) is 0.840. The van der Waals surface area contributed by atoms with Crippen LogP contribution in [0.1, 0.15) is 25.7 Å². The summed E-state index contributed by atoms with van der Waals surface area (Å²) in [5.41, 5.74) is 0. The summed E-state index contributed by atoms with van der Waals surface area (Å²) >= 11 is 1.97. The lowest BCUT2D eigenvalue weighted by molar-refractivity contribution is -0.130. The maximum absolute atomic E-state index is 12.4. The van der Waals surface area contributed by atoms with Crippen LogP contribution in [-0.2, 0) is 4.79 Å². The van der Waals surface area contributed by atoms with Gasteiger partial charge in [-0.2, -0.15) is 11.8 Å². The lowest BCUT2D eigenvalue weighted by Crippen LogP contribution is -2.42. The zero-order valence-electron chi connectivity index (χ0n) is 12.4. The van der Waals surface area contributed by atoms with E-state index in [0.717, 1.165) is 25.4 Å². The van der Waals surface area contributed by atoms with Gasteiger partial charge in [-0.25, -0.2) is 0 Å². The Kier molecular flexibility index (Phi) is 5.24. The molecule has 2 atom stereocenters. The molecule has 0 aromatic carbocycles. The van der Waals surface area contributed by atoms with Crippen molar-refractivity contribution in [3.8, 4) is 0 Å². The van der Waals surface area contributed by atoms with Crippen molar-refractivity contribution in [1.82, 2.24) is 15.1 Å². The Labute approximate surface area is 126 Å². The average molecular weight is 297 g/mol. The van der Waals surface area contributed by atoms with Gasteiger partial charge in [0.2, 0.25) is 5.91 Å². The lowest BCUT2D eigenvalue weighted by Gasteiger charge is -2.25. The fourth-order valence-electron chi connectivity index (χ4n) is 3.63. The number of amides is 1. The molecule has 114 valence electrons. The molecule has 1 N–H and O–H groups in total. The minimum absolute atomic E-state index is 0.369. The smallest absolute Gasteiger partial charge is 0.224 e. The summed E-state index contributed by atoms with van der Waals surface area (Å²) < 4.78 is 0. The second-order valence-electron chi connectivity index (χ2n) is 6.43. The third-order valence-corrected chi connectivity index (χ3v) is 5.90. The molecule has 2 unspecified atom stereocenters. The molecule has 0 radical (unpaired) electrons. The number of carbonyl (C=O) groups is 1. The Morgan fingerprint density at radius 1 is 1.25 bits per heavy atom. The first-order valence-electron chi connectivity index (χ1n) is 8.12. The molecule has 3 saturated heterocycles. The second kappa shape index (κ2) is 7.14. The van der Waals surface area contributed by atoms with Crippen LogP contribution in [0.5, 0.6) is 0 Å². The zero-order valence-corrected chi connectivity index (χ0v) is 13.2.